The normalized spacial score (nSPS) is 22.6. The molecule has 1 heterocycles. The van der Waals surface area contributed by atoms with Crippen molar-refractivity contribution >= 4 is 29.7 Å². The van der Waals surface area contributed by atoms with E-state index in [1.54, 1.807) is 16.4 Å². The number of nitrogens with zero attached hydrogens (tertiary/aromatic N) is 2. The van der Waals surface area contributed by atoms with Crippen molar-refractivity contribution in [3.63, 3.8) is 0 Å². The third-order valence-corrected chi connectivity index (χ3v) is 11.1. The molecule has 1 aliphatic heterocycles. The maximum absolute atomic E-state index is 10.7. The van der Waals surface area contributed by atoms with Crippen molar-refractivity contribution in [1.29, 1.82) is 0 Å². The van der Waals surface area contributed by atoms with Gasteiger partial charge in [-0.3, -0.25) is 0 Å². The van der Waals surface area contributed by atoms with Crippen LogP contribution in [0.4, 0.5) is 5.69 Å². The molecule has 0 amide bonds. The van der Waals surface area contributed by atoms with Crippen LogP contribution in [0.25, 0.3) is 0 Å². The molecule has 0 spiro atoms. The SMILES string of the molecule is CC(C)C1=C(N2[CH-]C(C)(c3ccccc3)CC2(C)c2ccccc2)[C@H](C(C)C)CC=C1.CC(C)Oc1ccc([N+](=O)[O-])cc1[CH]=[Ru]([Cl])[Cl]. The monoisotopic (exact) mass is 777 g/mol. The Morgan fingerprint density at radius 1 is 0.958 bits per heavy atom. The number of benzene rings is 3. The number of nitro benzene ring substituents is 1. The molecule has 5 rings (SSSR count). The molecule has 2 unspecified atom stereocenters. The summed E-state index contributed by atoms with van der Waals surface area (Å²) in [4.78, 5) is 12.9. The second-order valence-electron chi connectivity index (χ2n) is 14.0. The van der Waals surface area contributed by atoms with E-state index >= 15 is 0 Å². The van der Waals surface area contributed by atoms with Gasteiger partial charge in [-0.25, -0.2) is 6.54 Å². The van der Waals surface area contributed by atoms with Crippen LogP contribution in [0.1, 0.15) is 84.9 Å². The fraction of sp³-hybridized carbons (Fsp3) is 0.400. The molecule has 1 fully saturated rings. The molecular weight excluding hydrogens is 728 g/mol. The summed E-state index contributed by atoms with van der Waals surface area (Å²) in [5.74, 6) is 2.21. The van der Waals surface area contributed by atoms with Crippen LogP contribution in [0.2, 0.25) is 0 Å². The summed E-state index contributed by atoms with van der Waals surface area (Å²) >= 11 is -2.05. The van der Waals surface area contributed by atoms with Gasteiger partial charge in [-0.15, -0.1) is 5.41 Å². The topological polar surface area (TPSA) is 55.6 Å². The minimum atomic E-state index is -2.05. The summed E-state index contributed by atoms with van der Waals surface area (Å²) in [7, 11) is 11.6. The summed E-state index contributed by atoms with van der Waals surface area (Å²) in [6, 6.07) is 26.6. The zero-order valence-electron chi connectivity index (χ0n) is 29.3. The van der Waals surface area contributed by atoms with Crippen LogP contribution in [-0.4, -0.2) is 20.5 Å². The van der Waals surface area contributed by atoms with Crippen LogP contribution in [0, 0.1) is 34.4 Å². The second kappa shape index (κ2) is 16.3. The van der Waals surface area contributed by atoms with Gasteiger partial charge >= 0.3 is 112 Å². The fourth-order valence-electron chi connectivity index (χ4n) is 6.96. The number of allylic oxidation sites excluding steroid dienone is 4. The van der Waals surface area contributed by atoms with Crippen LogP contribution < -0.4 is 4.74 Å². The molecule has 48 heavy (non-hydrogen) atoms. The maximum atomic E-state index is 10.7. The Bertz CT molecular complexity index is 1650. The average molecular weight is 778 g/mol. The Morgan fingerprint density at radius 2 is 1.56 bits per heavy atom. The second-order valence-corrected chi connectivity index (χ2v) is 19.8. The summed E-state index contributed by atoms with van der Waals surface area (Å²) < 4.78 is 7.17. The first-order chi connectivity index (χ1) is 22.7. The van der Waals surface area contributed by atoms with Crippen molar-refractivity contribution < 1.29 is 23.2 Å². The molecule has 1 saturated heterocycles. The predicted molar refractivity (Wildman–Crippen MR) is 198 cm³/mol. The van der Waals surface area contributed by atoms with Gasteiger partial charge in [0, 0.05) is 11.5 Å². The molecule has 0 aromatic heterocycles. The van der Waals surface area contributed by atoms with E-state index in [-0.39, 0.29) is 22.7 Å². The van der Waals surface area contributed by atoms with Crippen LogP contribution >= 0.6 is 19.4 Å². The molecule has 260 valence electrons. The van der Waals surface area contributed by atoms with E-state index in [1.807, 2.05) is 13.8 Å². The first kappa shape index (κ1) is 38.0. The molecule has 3 aromatic carbocycles. The fourth-order valence-corrected chi connectivity index (χ4v) is 8.75. The van der Waals surface area contributed by atoms with Crippen LogP contribution in [0.15, 0.2) is 102 Å². The van der Waals surface area contributed by atoms with E-state index in [0.717, 1.165) is 12.8 Å². The number of hydrogen-bond acceptors (Lipinski definition) is 4. The van der Waals surface area contributed by atoms with E-state index in [9.17, 15) is 10.1 Å². The molecule has 5 nitrogen and oxygen atoms in total. The van der Waals surface area contributed by atoms with Gasteiger partial charge < -0.3 is 4.90 Å². The van der Waals surface area contributed by atoms with Gasteiger partial charge in [-0.2, -0.15) is 0 Å². The van der Waals surface area contributed by atoms with Crippen LogP contribution in [0.5, 0.6) is 5.75 Å². The zero-order chi connectivity index (χ0) is 35.2. The summed E-state index contributed by atoms with van der Waals surface area (Å²) in [6.07, 6.45) is 6.97. The number of likely N-dealkylation sites (tertiary alicyclic amines) is 1. The van der Waals surface area contributed by atoms with Crippen molar-refractivity contribution in [2.45, 2.75) is 85.3 Å². The molecule has 0 bridgehead atoms. The molecule has 3 aromatic rings. The van der Waals surface area contributed by atoms with Gasteiger partial charge in [-0.1, -0.05) is 113 Å². The third-order valence-electron chi connectivity index (χ3n) is 9.26. The van der Waals surface area contributed by atoms with Crippen molar-refractivity contribution in [2.75, 3.05) is 0 Å². The minimum absolute atomic E-state index is 0.00360. The van der Waals surface area contributed by atoms with E-state index in [1.165, 1.54) is 28.8 Å². The standard InChI is InChI=1S/C30H38N.C10H11NO3.2ClH.Ru/c1-22(2)26-18-13-19-27(23(3)4)28(26)31-21-29(5,24-14-9-7-10-15-24)20-30(31,6)25-16-11-8-12-17-25;1-7(2)14-10-5-4-9(11(12)13)6-8(10)3;;;/h7-18,21-23,27H,19-20H2,1-6H3;3-7H,1-2H3;2*1H;/q-1;;;;+2/p-2/t27-,29?,30?;;;;/m0..../s1. The summed E-state index contributed by atoms with van der Waals surface area (Å²) in [5, 5.41) is 10.7. The van der Waals surface area contributed by atoms with Crippen molar-refractivity contribution in [3.05, 3.63) is 136 Å². The first-order valence-electron chi connectivity index (χ1n) is 16.6. The summed E-state index contributed by atoms with van der Waals surface area (Å²) in [5.41, 5.74) is 6.33. The van der Waals surface area contributed by atoms with Gasteiger partial charge in [-0.05, 0) is 48.4 Å². The molecule has 0 N–H and O–H groups in total. The average Bonchev–Trinajstić information content (AvgIpc) is 3.34. The molecule has 8 heteroatoms. The van der Waals surface area contributed by atoms with E-state index in [2.05, 4.69) is 126 Å². The number of halogens is 2. The molecule has 0 radical (unpaired) electrons. The molecule has 3 atom stereocenters. The number of non-ortho nitro benzene ring substituents is 1. The van der Waals surface area contributed by atoms with Gasteiger partial charge in [0.15, 0.2) is 0 Å². The quantitative estimate of drug-likeness (QED) is 0.0940. The number of ether oxygens (including phenoxy) is 1. The van der Waals surface area contributed by atoms with Gasteiger partial charge in [0.05, 0.1) is 0 Å². The Kier molecular flexibility index (Phi) is 12.9. The van der Waals surface area contributed by atoms with Gasteiger partial charge in [0.25, 0.3) is 0 Å². The first-order valence-corrected chi connectivity index (χ1v) is 22.1. The Morgan fingerprint density at radius 3 is 2.08 bits per heavy atom. The zero-order valence-corrected chi connectivity index (χ0v) is 32.5. The van der Waals surface area contributed by atoms with E-state index in [4.69, 9.17) is 24.1 Å². The van der Waals surface area contributed by atoms with Crippen molar-refractivity contribution in [3.8, 4) is 5.75 Å². The Labute approximate surface area is 300 Å². The summed E-state index contributed by atoms with van der Waals surface area (Å²) in [6.45, 7) is 20.6. The van der Waals surface area contributed by atoms with Crippen LogP contribution in [0.3, 0.4) is 0 Å². The van der Waals surface area contributed by atoms with Crippen LogP contribution in [-0.2, 0) is 24.5 Å². The van der Waals surface area contributed by atoms with Gasteiger partial charge in [0.1, 0.15) is 0 Å². The Balaban J connectivity index is 0.000000260. The Hall–Kier alpha value is -2.79. The third kappa shape index (κ3) is 8.86. The van der Waals surface area contributed by atoms with Crippen molar-refractivity contribution in [1.82, 2.24) is 4.90 Å². The molecule has 0 saturated carbocycles. The number of nitro groups is 1. The van der Waals surface area contributed by atoms with Crippen molar-refractivity contribution in [2.24, 2.45) is 17.8 Å². The number of hydrogen-bond donors (Lipinski definition) is 0. The van der Waals surface area contributed by atoms with E-state index in [0.29, 0.717) is 29.1 Å². The molecule has 2 aliphatic rings. The molecule has 1 aliphatic carbocycles. The predicted octanol–water partition coefficient (Wildman–Crippen LogP) is 11.3. The van der Waals surface area contributed by atoms with E-state index < -0.39 is 18.4 Å². The molecular formula is C40H49Cl2N2O3Ru-. The number of rotatable bonds is 9. The van der Waals surface area contributed by atoms with Gasteiger partial charge in [0.2, 0.25) is 0 Å².